The highest BCUT2D eigenvalue weighted by molar-refractivity contribution is 7.92. The second-order valence-electron chi connectivity index (χ2n) is 12.7. The van der Waals surface area contributed by atoms with Crippen LogP contribution in [0.5, 0.6) is 0 Å². The minimum absolute atomic E-state index is 0.0524. The molecule has 47 heavy (non-hydrogen) atoms. The van der Waals surface area contributed by atoms with Crippen LogP contribution in [0.3, 0.4) is 0 Å². The van der Waals surface area contributed by atoms with E-state index in [2.05, 4.69) is 5.32 Å². The Kier molecular flexibility index (Phi) is 11.1. The Hall–Kier alpha value is -4.43. The van der Waals surface area contributed by atoms with E-state index in [1.807, 2.05) is 81.4 Å². The van der Waals surface area contributed by atoms with Crippen molar-refractivity contribution in [3.8, 4) is 0 Å². The summed E-state index contributed by atoms with van der Waals surface area (Å²) < 4.78 is 29.7. The van der Waals surface area contributed by atoms with Crippen LogP contribution in [0, 0.1) is 20.8 Å². The number of nitrogens with one attached hydrogen (secondary N) is 1. The van der Waals surface area contributed by atoms with Crippen LogP contribution in [0.2, 0.25) is 0 Å². The Morgan fingerprint density at radius 3 is 2.02 bits per heavy atom. The molecule has 4 aromatic carbocycles. The molecule has 4 aromatic rings. The third-order valence-corrected chi connectivity index (χ3v) is 10.7. The van der Waals surface area contributed by atoms with Crippen LogP contribution in [0.4, 0.5) is 5.69 Å². The fourth-order valence-electron chi connectivity index (χ4n) is 6.14. The predicted molar refractivity (Wildman–Crippen MR) is 188 cm³/mol. The van der Waals surface area contributed by atoms with Gasteiger partial charge in [-0.05, 0) is 74.6 Å². The summed E-state index contributed by atoms with van der Waals surface area (Å²) in [5, 5.41) is 3.26. The Morgan fingerprint density at radius 1 is 0.745 bits per heavy atom. The number of hydrogen-bond donors (Lipinski definition) is 1. The zero-order chi connectivity index (χ0) is 33.4. The lowest BCUT2D eigenvalue weighted by Gasteiger charge is -2.35. The summed E-state index contributed by atoms with van der Waals surface area (Å²) >= 11 is 0. The minimum Gasteiger partial charge on any atom is -0.352 e. The zero-order valence-corrected chi connectivity index (χ0v) is 28.4. The van der Waals surface area contributed by atoms with E-state index in [1.165, 1.54) is 4.31 Å². The van der Waals surface area contributed by atoms with Crippen molar-refractivity contribution in [1.82, 2.24) is 10.2 Å². The highest BCUT2D eigenvalue weighted by Crippen LogP contribution is 2.26. The lowest BCUT2D eigenvalue weighted by atomic mass is 9.94. The first-order chi connectivity index (χ1) is 22.6. The summed E-state index contributed by atoms with van der Waals surface area (Å²) in [5.41, 5.74) is 5.04. The van der Waals surface area contributed by atoms with Crippen molar-refractivity contribution in [2.75, 3.05) is 10.8 Å². The predicted octanol–water partition coefficient (Wildman–Crippen LogP) is 6.90. The molecule has 1 aliphatic rings. The molecule has 0 bridgehead atoms. The monoisotopic (exact) mass is 651 g/mol. The van der Waals surface area contributed by atoms with Gasteiger partial charge in [0.25, 0.3) is 10.0 Å². The number of anilines is 1. The maximum Gasteiger partial charge on any atom is 0.264 e. The van der Waals surface area contributed by atoms with Gasteiger partial charge in [-0.15, -0.1) is 0 Å². The first-order valence-electron chi connectivity index (χ1n) is 16.5. The summed E-state index contributed by atoms with van der Waals surface area (Å²) in [5.74, 6) is -0.674. The van der Waals surface area contributed by atoms with Gasteiger partial charge in [0.2, 0.25) is 11.8 Å². The lowest BCUT2D eigenvalue weighted by molar-refractivity contribution is -0.140. The number of amides is 2. The van der Waals surface area contributed by atoms with Crippen molar-refractivity contribution in [3.05, 3.63) is 131 Å². The van der Waals surface area contributed by atoms with Gasteiger partial charge in [0.05, 0.1) is 10.6 Å². The largest absolute Gasteiger partial charge is 0.352 e. The molecule has 0 aromatic heterocycles. The summed E-state index contributed by atoms with van der Waals surface area (Å²) in [6.07, 6.45) is 5.39. The smallest absolute Gasteiger partial charge is 0.264 e. The second kappa shape index (κ2) is 15.4. The van der Waals surface area contributed by atoms with Crippen molar-refractivity contribution in [2.24, 2.45) is 0 Å². The maximum absolute atomic E-state index is 14.7. The van der Waals surface area contributed by atoms with Crippen LogP contribution in [0.1, 0.15) is 59.9 Å². The molecule has 1 N–H and O–H groups in total. The van der Waals surface area contributed by atoms with Gasteiger partial charge in [-0.3, -0.25) is 13.9 Å². The number of nitrogens with zero attached hydrogens (tertiary/aromatic N) is 2. The third kappa shape index (κ3) is 8.89. The Labute approximate surface area is 279 Å². The summed E-state index contributed by atoms with van der Waals surface area (Å²) in [7, 11) is -4.14. The van der Waals surface area contributed by atoms with E-state index in [1.54, 1.807) is 47.4 Å². The van der Waals surface area contributed by atoms with E-state index in [0.29, 0.717) is 12.1 Å². The third-order valence-electron chi connectivity index (χ3n) is 8.87. The molecule has 1 aliphatic carbocycles. The first-order valence-corrected chi connectivity index (χ1v) is 17.9. The molecule has 0 heterocycles. The quantitative estimate of drug-likeness (QED) is 0.181. The standard InChI is InChI=1S/C39H45N3O4S/c1-29-17-21-33(22-18-29)27-41(37(26-32-12-6-4-7-13-32)39(44)40-34-14-8-5-9-15-34)38(43)28-42(35-16-10-11-31(3)25-35)47(45,46)36-23-19-30(2)20-24-36/h4,6-7,10-13,16-25,34,37H,5,8-9,14-15,26-28H2,1-3H3,(H,40,44)/t37-/m1/s1. The topological polar surface area (TPSA) is 86.8 Å². The van der Waals surface area contributed by atoms with Crippen molar-refractivity contribution in [1.29, 1.82) is 0 Å². The first kappa shape index (κ1) is 33.9. The Balaban J connectivity index is 1.56. The molecule has 246 valence electrons. The lowest BCUT2D eigenvalue weighted by Crippen LogP contribution is -2.55. The van der Waals surface area contributed by atoms with E-state index in [0.717, 1.165) is 59.9 Å². The van der Waals surface area contributed by atoms with Gasteiger partial charge >= 0.3 is 0 Å². The Morgan fingerprint density at radius 2 is 1.38 bits per heavy atom. The summed E-state index contributed by atoms with van der Waals surface area (Å²) in [6, 6.07) is 30.5. The van der Waals surface area contributed by atoms with Crippen LogP contribution in [0.15, 0.2) is 108 Å². The SMILES string of the molecule is Cc1ccc(CN(C(=O)CN(c2cccc(C)c2)S(=O)(=O)c2ccc(C)cc2)[C@H](Cc2ccccc2)C(=O)NC2CCCCC2)cc1. The summed E-state index contributed by atoms with van der Waals surface area (Å²) in [4.78, 5) is 30.6. The van der Waals surface area contributed by atoms with E-state index < -0.39 is 28.5 Å². The van der Waals surface area contributed by atoms with Gasteiger partial charge in [-0.2, -0.15) is 0 Å². The molecule has 1 fully saturated rings. The second-order valence-corrected chi connectivity index (χ2v) is 14.6. The van der Waals surface area contributed by atoms with Gasteiger partial charge in [0.15, 0.2) is 0 Å². The number of carbonyl (C=O) groups is 2. The number of hydrogen-bond acceptors (Lipinski definition) is 4. The molecule has 1 atom stereocenters. The average molecular weight is 652 g/mol. The fraction of sp³-hybridized carbons (Fsp3) is 0.333. The molecule has 0 saturated heterocycles. The number of aryl methyl sites for hydroxylation is 3. The molecule has 0 radical (unpaired) electrons. The average Bonchev–Trinajstić information content (AvgIpc) is 3.07. The molecule has 0 spiro atoms. The van der Waals surface area contributed by atoms with Crippen molar-refractivity contribution < 1.29 is 18.0 Å². The van der Waals surface area contributed by atoms with Gasteiger partial charge in [0.1, 0.15) is 12.6 Å². The number of carbonyl (C=O) groups excluding carboxylic acids is 2. The zero-order valence-electron chi connectivity index (χ0n) is 27.6. The Bertz CT molecular complexity index is 1750. The van der Waals surface area contributed by atoms with Crippen LogP contribution < -0.4 is 9.62 Å². The van der Waals surface area contributed by atoms with Crippen molar-refractivity contribution in [3.63, 3.8) is 0 Å². The van der Waals surface area contributed by atoms with Crippen LogP contribution in [0.25, 0.3) is 0 Å². The van der Waals surface area contributed by atoms with Crippen molar-refractivity contribution in [2.45, 2.75) is 82.8 Å². The molecule has 0 unspecified atom stereocenters. The molecule has 8 heteroatoms. The number of rotatable bonds is 12. The highest BCUT2D eigenvalue weighted by atomic mass is 32.2. The van der Waals surface area contributed by atoms with Gasteiger partial charge in [0, 0.05) is 19.0 Å². The van der Waals surface area contributed by atoms with E-state index >= 15 is 0 Å². The van der Waals surface area contributed by atoms with Gasteiger partial charge < -0.3 is 10.2 Å². The maximum atomic E-state index is 14.7. The molecule has 0 aliphatic heterocycles. The molecular weight excluding hydrogens is 607 g/mol. The summed E-state index contributed by atoms with van der Waals surface area (Å²) in [6.45, 7) is 5.47. The van der Waals surface area contributed by atoms with E-state index in [4.69, 9.17) is 0 Å². The number of sulfonamides is 1. The fourth-order valence-corrected chi connectivity index (χ4v) is 7.54. The van der Waals surface area contributed by atoms with Crippen LogP contribution in [-0.2, 0) is 32.6 Å². The molecular formula is C39H45N3O4S. The molecule has 7 nitrogen and oxygen atoms in total. The normalized spacial score (nSPS) is 14.3. The van der Waals surface area contributed by atoms with Crippen molar-refractivity contribution >= 4 is 27.5 Å². The van der Waals surface area contributed by atoms with Gasteiger partial charge in [-0.25, -0.2) is 8.42 Å². The number of benzene rings is 4. The van der Waals surface area contributed by atoms with Crippen LogP contribution in [-0.4, -0.2) is 43.8 Å². The van der Waals surface area contributed by atoms with E-state index in [-0.39, 0.29) is 23.4 Å². The molecule has 1 saturated carbocycles. The highest BCUT2D eigenvalue weighted by Gasteiger charge is 2.35. The van der Waals surface area contributed by atoms with Gasteiger partial charge in [-0.1, -0.05) is 109 Å². The molecule has 5 rings (SSSR count). The minimum atomic E-state index is -4.14. The van der Waals surface area contributed by atoms with Crippen LogP contribution >= 0.6 is 0 Å². The molecule has 2 amide bonds. The van der Waals surface area contributed by atoms with E-state index in [9.17, 15) is 18.0 Å².